The molecule has 0 aliphatic carbocycles. The number of rotatable bonds is 9. The molecule has 0 aromatic heterocycles. The molecule has 0 aliphatic heterocycles. The molecular formula is C11H26N2O. The number of nitrogens with one attached hydrogen (secondary N) is 1. The normalized spacial score (nSPS) is 15.4. The largest absolute Gasteiger partial charge is 0.379 e. The van der Waals surface area contributed by atoms with Crippen LogP contribution in [-0.2, 0) is 0 Å². The number of hydrogen-bond donors (Lipinski definition) is 3. The Kier molecular flexibility index (Phi) is 9.35. The van der Waals surface area contributed by atoms with E-state index in [1.807, 2.05) is 0 Å². The summed E-state index contributed by atoms with van der Waals surface area (Å²) in [5.41, 5.74) is 5.74. The lowest BCUT2D eigenvalue weighted by molar-refractivity contribution is 0.109. The number of aliphatic hydroxyl groups excluding tert-OH is 1. The van der Waals surface area contributed by atoms with Crippen molar-refractivity contribution in [2.24, 2.45) is 5.73 Å². The van der Waals surface area contributed by atoms with Crippen LogP contribution in [0.1, 0.15) is 58.8 Å². The molecule has 86 valence electrons. The SMILES string of the molecule is CCCCCCC(O)NC(N)CCC. The maximum atomic E-state index is 9.55. The number of aliphatic hydroxyl groups is 1. The van der Waals surface area contributed by atoms with Gasteiger partial charge >= 0.3 is 0 Å². The summed E-state index contributed by atoms with van der Waals surface area (Å²) < 4.78 is 0. The third-order valence-electron chi connectivity index (χ3n) is 2.34. The van der Waals surface area contributed by atoms with Crippen LogP contribution in [0.15, 0.2) is 0 Å². The molecule has 3 nitrogen and oxygen atoms in total. The van der Waals surface area contributed by atoms with Crippen molar-refractivity contribution in [2.45, 2.75) is 71.2 Å². The molecule has 0 saturated carbocycles. The number of unbranched alkanes of at least 4 members (excludes halogenated alkanes) is 3. The highest BCUT2D eigenvalue weighted by Gasteiger charge is 2.07. The molecule has 0 heterocycles. The third-order valence-corrected chi connectivity index (χ3v) is 2.34. The maximum Gasteiger partial charge on any atom is 0.106 e. The van der Waals surface area contributed by atoms with Crippen molar-refractivity contribution in [1.29, 1.82) is 0 Å². The first-order valence-corrected chi connectivity index (χ1v) is 5.90. The predicted molar refractivity (Wildman–Crippen MR) is 60.8 cm³/mol. The van der Waals surface area contributed by atoms with E-state index >= 15 is 0 Å². The molecule has 0 aromatic carbocycles. The van der Waals surface area contributed by atoms with Gasteiger partial charge in [-0.25, -0.2) is 0 Å². The molecule has 0 rings (SSSR count). The van der Waals surface area contributed by atoms with Crippen LogP contribution >= 0.6 is 0 Å². The molecule has 0 spiro atoms. The second-order valence-corrected chi connectivity index (χ2v) is 3.93. The van der Waals surface area contributed by atoms with Crippen molar-refractivity contribution in [3.63, 3.8) is 0 Å². The van der Waals surface area contributed by atoms with E-state index in [-0.39, 0.29) is 6.17 Å². The lowest BCUT2D eigenvalue weighted by Crippen LogP contribution is -2.43. The van der Waals surface area contributed by atoms with E-state index in [0.29, 0.717) is 0 Å². The molecule has 4 N–H and O–H groups in total. The van der Waals surface area contributed by atoms with Gasteiger partial charge in [-0.3, -0.25) is 5.32 Å². The van der Waals surface area contributed by atoms with Crippen molar-refractivity contribution >= 4 is 0 Å². The molecular weight excluding hydrogens is 176 g/mol. The van der Waals surface area contributed by atoms with Gasteiger partial charge in [0.15, 0.2) is 0 Å². The Balaban J connectivity index is 3.30. The average molecular weight is 202 g/mol. The Bertz CT molecular complexity index is 120. The minimum Gasteiger partial charge on any atom is -0.379 e. The van der Waals surface area contributed by atoms with E-state index in [4.69, 9.17) is 5.73 Å². The Labute approximate surface area is 88.1 Å². The first kappa shape index (κ1) is 13.9. The van der Waals surface area contributed by atoms with E-state index in [2.05, 4.69) is 19.2 Å². The van der Waals surface area contributed by atoms with Gasteiger partial charge < -0.3 is 10.8 Å². The van der Waals surface area contributed by atoms with Gasteiger partial charge in [0.2, 0.25) is 0 Å². The smallest absolute Gasteiger partial charge is 0.106 e. The summed E-state index contributed by atoms with van der Waals surface area (Å²) in [5, 5.41) is 12.5. The molecule has 0 bridgehead atoms. The predicted octanol–water partition coefficient (Wildman–Crippen LogP) is 1.95. The Morgan fingerprint density at radius 2 is 1.79 bits per heavy atom. The summed E-state index contributed by atoms with van der Waals surface area (Å²) >= 11 is 0. The topological polar surface area (TPSA) is 58.3 Å². The molecule has 0 amide bonds. The fourth-order valence-electron chi connectivity index (χ4n) is 1.49. The van der Waals surface area contributed by atoms with Gasteiger partial charge in [0.1, 0.15) is 6.23 Å². The summed E-state index contributed by atoms with van der Waals surface area (Å²) in [7, 11) is 0. The van der Waals surface area contributed by atoms with Crippen LogP contribution in [0.3, 0.4) is 0 Å². The highest BCUT2D eigenvalue weighted by atomic mass is 16.3. The zero-order valence-electron chi connectivity index (χ0n) is 9.63. The van der Waals surface area contributed by atoms with E-state index in [9.17, 15) is 5.11 Å². The molecule has 0 saturated heterocycles. The number of hydrogen-bond acceptors (Lipinski definition) is 3. The van der Waals surface area contributed by atoms with E-state index < -0.39 is 6.23 Å². The van der Waals surface area contributed by atoms with Crippen LogP contribution in [0, 0.1) is 0 Å². The van der Waals surface area contributed by atoms with E-state index in [0.717, 1.165) is 25.7 Å². The molecule has 3 heteroatoms. The lowest BCUT2D eigenvalue weighted by Gasteiger charge is -2.18. The standard InChI is InChI=1S/C11H26N2O/c1-3-5-6-7-9-11(14)13-10(12)8-4-2/h10-11,13-14H,3-9,12H2,1-2H3. The van der Waals surface area contributed by atoms with Gasteiger partial charge in [0.05, 0.1) is 6.17 Å². The van der Waals surface area contributed by atoms with Gasteiger partial charge in [0.25, 0.3) is 0 Å². The van der Waals surface area contributed by atoms with Crippen molar-refractivity contribution in [3.05, 3.63) is 0 Å². The summed E-state index contributed by atoms with van der Waals surface area (Å²) in [4.78, 5) is 0. The maximum absolute atomic E-state index is 9.55. The second-order valence-electron chi connectivity index (χ2n) is 3.93. The van der Waals surface area contributed by atoms with Gasteiger partial charge in [-0.2, -0.15) is 0 Å². The van der Waals surface area contributed by atoms with Crippen LogP contribution < -0.4 is 11.1 Å². The van der Waals surface area contributed by atoms with E-state index in [1.54, 1.807) is 0 Å². The first-order chi connectivity index (χ1) is 6.70. The summed E-state index contributed by atoms with van der Waals surface area (Å²) in [5.74, 6) is 0. The quantitative estimate of drug-likeness (QED) is 0.395. The van der Waals surface area contributed by atoms with Gasteiger partial charge in [-0.05, 0) is 19.3 Å². The van der Waals surface area contributed by atoms with Crippen LogP contribution in [0.4, 0.5) is 0 Å². The van der Waals surface area contributed by atoms with Gasteiger partial charge in [0, 0.05) is 0 Å². The van der Waals surface area contributed by atoms with Gasteiger partial charge in [-0.15, -0.1) is 0 Å². The summed E-state index contributed by atoms with van der Waals surface area (Å²) in [6.07, 6.45) is 7.10. The summed E-state index contributed by atoms with van der Waals surface area (Å²) in [6, 6.07) is 0. The molecule has 14 heavy (non-hydrogen) atoms. The third kappa shape index (κ3) is 8.48. The Morgan fingerprint density at radius 3 is 2.36 bits per heavy atom. The Hall–Kier alpha value is -0.120. The average Bonchev–Trinajstić information content (AvgIpc) is 2.13. The zero-order chi connectivity index (χ0) is 10.8. The van der Waals surface area contributed by atoms with Crippen molar-refractivity contribution in [3.8, 4) is 0 Å². The highest BCUT2D eigenvalue weighted by Crippen LogP contribution is 2.04. The molecule has 0 aromatic rings. The van der Waals surface area contributed by atoms with Crippen LogP contribution in [0.5, 0.6) is 0 Å². The first-order valence-electron chi connectivity index (χ1n) is 5.90. The van der Waals surface area contributed by atoms with Crippen LogP contribution in [0.2, 0.25) is 0 Å². The molecule has 2 unspecified atom stereocenters. The highest BCUT2D eigenvalue weighted by molar-refractivity contribution is 4.61. The van der Waals surface area contributed by atoms with Crippen LogP contribution in [0.25, 0.3) is 0 Å². The van der Waals surface area contributed by atoms with Crippen molar-refractivity contribution < 1.29 is 5.11 Å². The van der Waals surface area contributed by atoms with E-state index in [1.165, 1.54) is 19.3 Å². The second kappa shape index (κ2) is 9.44. The number of nitrogens with two attached hydrogens (primary N) is 1. The fraction of sp³-hybridized carbons (Fsp3) is 1.00. The fourth-order valence-corrected chi connectivity index (χ4v) is 1.49. The summed E-state index contributed by atoms with van der Waals surface area (Å²) in [6.45, 7) is 4.28. The minimum atomic E-state index is -0.423. The molecule has 0 radical (unpaired) electrons. The van der Waals surface area contributed by atoms with Gasteiger partial charge in [-0.1, -0.05) is 39.5 Å². The zero-order valence-corrected chi connectivity index (χ0v) is 9.63. The van der Waals surface area contributed by atoms with Crippen molar-refractivity contribution in [1.82, 2.24) is 5.32 Å². The monoisotopic (exact) mass is 202 g/mol. The van der Waals surface area contributed by atoms with Crippen LogP contribution in [-0.4, -0.2) is 17.5 Å². The minimum absolute atomic E-state index is 0.0545. The molecule has 2 atom stereocenters. The molecule has 0 fully saturated rings. The lowest BCUT2D eigenvalue weighted by atomic mass is 10.1. The Morgan fingerprint density at radius 1 is 1.07 bits per heavy atom. The molecule has 0 aliphatic rings. The van der Waals surface area contributed by atoms with Crippen molar-refractivity contribution in [2.75, 3.05) is 0 Å².